The first-order valence-corrected chi connectivity index (χ1v) is 27.1. The molecular weight excluding hydrogens is 977 g/mol. The molecule has 2 N–H and O–H groups in total. The van der Waals surface area contributed by atoms with Gasteiger partial charge in [-0.1, -0.05) is 0 Å². The number of pyridine rings is 2. The van der Waals surface area contributed by atoms with E-state index in [9.17, 15) is 26.4 Å². The lowest BCUT2D eigenvalue weighted by molar-refractivity contribution is -0.142. The van der Waals surface area contributed by atoms with Gasteiger partial charge in [0.15, 0.2) is 0 Å². The maximum absolute atomic E-state index is 13.1. The minimum atomic E-state index is -3.70. The molecule has 0 aliphatic carbocycles. The molecule has 0 saturated carbocycles. The molecule has 0 radical (unpaired) electrons. The monoisotopic (exact) mass is 1050 g/mol. The summed E-state index contributed by atoms with van der Waals surface area (Å²) < 4.78 is 74.7. The summed E-state index contributed by atoms with van der Waals surface area (Å²) in [5.41, 5.74) is 5.11. The summed E-state index contributed by atoms with van der Waals surface area (Å²) in [7, 11) is 7.14. The quantitative estimate of drug-likeness (QED) is 0.115. The average molecular weight is 1060 g/mol. The first-order valence-electron chi connectivity index (χ1n) is 24.2. The Balaban J connectivity index is 0.000000264. The van der Waals surface area contributed by atoms with E-state index in [1.54, 1.807) is 71.5 Å². The van der Waals surface area contributed by atoms with E-state index in [0.717, 1.165) is 30.2 Å². The van der Waals surface area contributed by atoms with E-state index in [1.807, 2.05) is 29.4 Å². The predicted molar refractivity (Wildman–Crippen MR) is 281 cm³/mol. The second-order valence-corrected chi connectivity index (χ2v) is 22.8. The minimum Gasteiger partial charge on any atom is -0.497 e. The van der Waals surface area contributed by atoms with Crippen molar-refractivity contribution < 1.29 is 50.5 Å². The number of likely N-dealkylation sites (N-methyl/N-ethyl adjacent to an activating group) is 2. The second kappa shape index (κ2) is 27.4. The van der Waals surface area contributed by atoms with E-state index < -0.39 is 32.6 Å². The van der Waals surface area contributed by atoms with Crippen molar-refractivity contribution in [3.63, 3.8) is 0 Å². The Morgan fingerprint density at radius 3 is 1.32 bits per heavy atom. The van der Waals surface area contributed by atoms with Crippen LogP contribution in [0.4, 0.5) is 0 Å². The molecule has 4 heterocycles. The van der Waals surface area contributed by atoms with Crippen molar-refractivity contribution in [1.82, 2.24) is 38.6 Å². The van der Waals surface area contributed by atoms with E-state index in [4.69, 9.17) is 24.1 Å². The van der Waals surface area contributed by atoms with E-state index >= 15 is 0 Å². The van der Waals surface area contributed by atoms with Crippen LogP contribution in [0, 0.1) is 27.7 Å². The fourth-order valence-electron chi connectivity index (χ4n) is 9.50. The van der Waals surface area contributed by atoms with Crippen LogP contribution in [-0.2, 0) is 50.2 Å². The van der Waals surface area contributed by atoms with E-state index in [-0.39, 0.29) is 59.7 Å². The van der Waals surface area contributed by atoms with Crippen LogP contribution in [0.5, 0.6) is 11.5 Å². The Kier molecular flexibility index (Phi) is 22.7. The zero-order valence-electron chi connectivity index (χ0n) is 44.8. The predicted octanol–water partition coefficient (Wildman–Crippen LogP) is 4.68. The van der Waals surface area contributed by atoms with Gasteiger partial charge in [0, 0.05) is 76.1 Å². The lowest BCUT2D eigenvalue weighted by Gasteiger charge is -2.46. The van der Waals surface area contributed by atoms with Crippen LogP contribution in [0.25, 0.3) is 0 Å². The maximum Gasteiger partial charge on any atom is 0.329 e. The number of aromatic nitrogens is 2. The molecule has 2 fully saturated rings. The molecule has 0 bridgehead atoms. The van der Waals surface area contributed by atoms with Crippen molar-refractivity contribution >= 4 is 31.9 Å². The molecule has 0 atom stereocenters. The summed E-state index contributed by atoms with van der Waals surface area (Å²) in [4.78, 5) is 38.2. The number of ether oxygens (including phenoxy) is 4. The molecule has 2 saturated heterocycles. The number of piperidine rings is 2. The Bertz CT molecular complexity index is 2580. The van der Waals surface area contributed by atoms with E-state index in [1.165, 1.54) is 49.5 Å². The number of hydrogen-bond donors (Lipinski definition) is 2. The first-order chi connectivity index (χ1) is 34.5. The number of hydrogen-bond acceptors (Lipinski definition) is 15. The number of nitrogens with one attached hydrogen (secondary N) is 1. The number of carboxylic acids is 1. The van der Waals surface area contributed by atoms with Crippen molar-refractivity contribution in [2.45, 2.75) is 74.2 Å². The molecule has 2 aliphatic rings. The summed E-state index contributed by atoms with van der Waals surface area (Å²) in [6, 6.07) is 15.1. The minimum absolute atomic E-state index is 0.0102. The summed E-state index contributed by atoms with van der Waals surface area (Å²) in [6.07, 6.45) is 11.4. The summed E-state index contributed by atoms with van der Waals surface area (Å²) in [5.74, 6) is 0.0490. The molecular formula is C52H78N8O11S2. The Hall–Kier alpha value is -5.10. The van der Waals surface area contributed by atoms with Gasteiger partial charge in [0.1, 0.15) is 24.7 Å². The maximum atomic E-state index is 13.1. The molecule has 19 nitrogen and oxygen atoms in total. The van der Waals surface area contributed by atoms with Crippen molar-refractivity contribution in [1.29, 1.82) is 0 Å². The first kappa shape index (κ1) is 60.5. The molecule has 21 heteroatoms. The third-order valence-electron chi connectivity index (χ3n) is 13.7. The SMILES string of the molecule is CN(C)C1(c2ccncc2)CCNCC1.COc1cc(C)c(S(=O)(=O)N(C)CCOCC(=O)N2CCC(c3ccncc3)(N(C)C)CC2)c(C)c1.COc1cc(C)c(S(=O)(=O)N(C)CCOCC(=O)O)c(C)c1. The Morgan fingerprint density at radius 1 is 0.616 bits per heavy atom. The zero-order valence-corrected chi connectivity index (χ0v) is 46.4. The number of benzene rings is 2. The zero-order chi connectivity index (χ0) is 54.1. The molecule has 2 aliphatic heterocycles. The highest BCUT2D eigenvalue weighted by molar-refractivity contribution is 7.89. The molecule has 0 spiro atoms. The van der Waals surface area contributed by atoms with Crippen LogP contribution in [0.3, 0.4) is 0 Å². The number of carbonyl (C=O) groups is 2. The van der Waals surface area contributed by atoms with Gasteiger partial charge in [-0.25, -0.2) is 21.6 Å². The van der Waals surface area contributed by atoms with Gasteiger partial charge in [0.05, 0.1) is 37.2 Å². The highest BCUT2D eigenvalue weighted by Crippen LogP contribution is 2.38. The number of sulfonamides is 2. The number of rotatable bonds is 20. The van der Waals surface area contributed by atoms with Gasteiger partial charge >= 0.3 is 5.97 Å². The fourth-order valence-corrected chi connectivity index (χ4v) is 12.6. The van der Waals surface area contributed by atoms with Crippen LogP contribution in [0.1, 0.15) is 59.1 Å². The highest BCUT2D eigenvalue weighted by Gasteiger charge is 2.39. The lowest BCUT2D eigenvalue weighted by atomic mass is 9.80. The molecule has 404 valence electrons. The number of carboxylic acid groups (broad SMARTS) is 1. The number of amides is 1. The Morgan fingerprint density at radius 2 is 0.973 bits per heavy atom. The average Bonchev–Trinajstić information content (AvgIpc) is 3.36. The highest BCUT2D eigenvalue weighted by atomic mass is 32.2. The molecule has 2 aromatic heterocycles. The molecule has 1 amide bonds. The normalized spacial score (nSPS) is 15.6. The lowest BCUT2D eigenvalue weighted by Crippen LogP contribution is -2.52. The summed E-state index contributed by atoms with van der Waals surface area (Å²) >= 11 is 0. The van der Waals surface area contributed by atoms with E-state index in [2.05, 4.69) is 65.4 Å². The second-order valence-electron chi connectivity index (χ2n) is 18.8. The van der Waals surface area contributed by atoms with Crippen LogP contribution >= 0.6 is 0 Å². The molecule has 4 aromatic rings. The van der Waals surface area contributed by atoms with Crippen molar-refractivity contribution in [3.05, 3.63) is 107 Å². The third-order valence-corrected chi connectivity index (χ3v) is 18.1. The van der Waals surface area contributed by atoms with Gasteiger partial charge in [0.25, 0.3) is 0 Å². The van der Waals surface area contributed by atoms with Gasteiger partial charge in [-0.05, 0) is 177 Å². The van der Waals surface area contributed by atoms with Crippen LogP contribution in [0.2, 0.25) is 0 Å². The smallest absolute Gasteiger partial charge is 0.329 e. The number of carbonyl (C=O) groups excluding carboxylic acids is 1. The molecule has 73 heavy (non-hydrogen) atoms. The number of methoxy groups -OCH3 is 2. The largest absolute Gasteiger partial charge is 0.497 e. The van der Waals surface area contributed by atoms with Crippen molar-refractivity contribution in [3.8, 4) is 11.5 Å². The van der Waals surface area contributed by atoms with Gasteiger partial charge in [-0.3, -0.25) is 24.6 Å². The topological polar surface area (TPSA) is 214 Å². The molecule has 2 aromatic carbocycles. The van der Waals surface area contributed by atoms with Gasteiger partial charge < -0.3 is 34.3 Å². The Labute approximate surface area is 433 Å². The molecule has 0 unspecified atom stereocenters. The van der Waals surface area contributed by atoms with Crippen LogP contribution in [0.15, 0.2) is 83.1 Å². The summed E-state index contributed by atoms with van der Waals surface area (Å²) in [6.45, 7) is 10.2. The van der Waals surface area contributed by atoms with Crippen LogP contribution < -0.4 is 14.8 Å². The van der Waals surface area contributed by atoms with Crippen LogP contribution in [-0.4, -0.2) is 189 Å². The molecule has 6 rings (SSSR count). The van der Waals surface area contributed by atoms with Crippen molar-refractivity contribution in [2.24, 2.45) is 0 Å². The standard InChI is InChI=1S/C26H38N4O5S.C14H21NO6S.C12H19N3/c1-20-17-23(34-6)18-21(2)25(20)36(32,33)29(5)15-16-35-19-24(31)30-13-9-26(10-14-30,28(3)4)22-7-11-27-12-8-22;1-10-7-12(20-4)8-11(2)14(10)22(18,19)15(3)5-6-21-9-13(16)17;1-15(2)12(5-9-14-10-6-12)11-3-7-13-8-4-11/h7-8,11-12,17-18H,9-10,13-16,19H2,1-6H3;7-8H,5-6,9H2,1-4H3,(H,16,17);3-4,7-8,14H,5-6,9-10H2,1-2H3. The number of aryl methyl sites for hydroxylation is 4. The van der Waals surface area contributed by atoms with Gasteiger partial charge in [-0.15, -0.1) is 0 Å². The third kappa shape index (κ3) is 15.5. The van der Waals surface area contributed by atoms with Gasteiger partial charge in [-0.2, -0.15) is 8.61 Å². The van der Waals surface area contributed by atoms with Crippen molar-refractivity contribution in [2.75, 3.05) is 122 Å². The van der Waals surface area contributed by atoms with E-state index in [0.29, 0.717) is 46.8 Å². The number of aliphatic carboxylic acids is 1. The number of likely N-dealkylation sites (tertiary alicyclic amines) is 1. The summed E-state index contributed by atoms with van der Waals surface area (Å²) in [5, 5.41) is 11.9. The number of nitrogens with zero attached hydrogens (tertiary/aromatic N) is 7. The van der Waals surface area contributed by atoms with Gasteiger partial charge in [0.2, 0.25) is 26.0 Å². The fraction of sp³-hybridized carbons (Fsp3) is 0.538.